The van der Waals surface area contributed by atoms with Crippen molar-refractivity contribution in [3.8, 4) is 0 Å². The van der Waals surface area contributed by atoms with Gasteiger partial charge in [-0.05, 0) is 20.8 Å². The highest BCUT2D eigenvalue weighted by atomic mass is 19.1. The number of hydrogen-bond donors (Lipinski definition) is 3. The molecular formula is C11H19FN2O4. The summed E-state index contributed by atoms with van der Waals surface area (Å²) in [6.45, 7) is 5.01. The number of amides is 1. The van der Waals surface area contributed by atoms with Gasteiger partial charge in [-0.1, -0.05) is 0 Å². The Morgan fingerprint density at radius 1 is 1.56 bits per heavy atom. The highest BCUT2D eigenvalue weighted by molar-refractivity contribution is 5.79. The maximum atomic E-state index is 14.0. The number of alkyl carbamates (subject to hydrolysis) is 1. The van der Waals surface area contributed by atoms with Gasteiger partial charge < -0.3 is 20.5 Å². The second kappa shape index (κ2) is 5.09. The molecule has 0 aromatic heterocycles. The van der Waals surface area contributed by atoms with Gasteiger partial charge in [-0.25, -0.2) is 14.0 Å². The Kier molecular flexibility index (Phi) is 4.16. The summed E-state index contributed by atoms with van der Waals surface area (Å²) in [5.41, 5.74) is -2.98. The van der Waals surface area contributed by atoms with Crippen molar-refractivity contribution in [3.05, 3.63) is 0 Å². The molecule has 1 rings (SSSR count). The molecule has 1 saturated heterocycles. The van der Waals surface area contributed by atoms with Gasteiger partial charge in [0.15, 0.2) is 0 Å². The minimum Gasteiger partial charge on any atom is -0.479 e. The zero-order chi connectivity index (χ0) is 14.0. The minimum absolute atomic E-state index is 0.0787. The summed E-state index contributed by atoms with van der Waals surface area (Å²) in [4.78, 5) is 22.2. The van der Waals surface area contributed by atoms with E-state index in [1.165, 1.54) is 0 Å². The number of nitrogens with one attached hydrogen (secondary N) is 2. The third kappa shape index (κ3) is 3.56. The fraction of sp³-hybridized carbons (Fsp3) is 0.818. The molecule has 1 heterocycles. The highest BCUT2D eigenvalue weighted by Crippen LogP contribution is 2.26. The molecule has 1 amide bonds. The predicted molar refractivity (Wildman–Crippen MR) is 62.1 cm³/mol. The second-order valence-electron chi connectivity index (χ2n) is 5.38. The zero-order valence-corrected chi connectivity index (χ0v) is 10.7. The Bertz CT molecular complexity index is 342. The van der Waals surface area contributed by atoms with E-state index in [0.29, 0.717) is 0 Å². The fourth-order valence-corrected chi connectivity index (χ4v) is 1.74. The molecule has 0 saturated carbocycles. The van der Waals surface area contributed by atoms with Crippen molar-refractivity contribution in [2.24, 2.45) is 5.92 Å². The smallest absolute Gasteiger partial charge is 0.407 e. The minimum atomic E-state index is -2.34. The normalized spacial score (nSPS) is 27.9. The standard InChI is InChI=1S/C11H19FN2O4/c1-10(2,3)18-9(17)14-5-7-4-13-6-11(7,12)8(15)16/h7,13H,4-6H2,1-3H3,(H,14,17)(H,15,16). The lowest BCUT2D eigenvalue weighted by Crippen LogP contribution is -2.47. The summed E-state index contributed by atoms with van der Waals surface area (Å²) in [7, 11) is 0. The lowest BCUT2D eigenvalue weighted by atomic mass is 9.93. The number of rotatable bonds is 3. The lowest BCUT2D eigenvalue weighted by molar-refractivity contribution is -0.152. The van der Waals surface area contributed by atoms with E-state index in [0.717, 1.165) is 0 Å². The summed E-state index contributed by atoms with van der Waals surface area (Å²) in [5, 5.41) is 13.9. The van der Waals surface area contributed by atoms with Crippen molar-refractivity contribution in [1.82, 2.24) is 10.6 Å². The van der Waals surface area contributed by atoms with Gasteiger partial charge in [-0.15, -0.1) is 0 Å². The largest absolute Gasteiger partial charge is 0.479 e. The topological polar surface area (TPSA) is 87.7 Å². The molecule has 1 aliphatic heterocycles. The Morgan fingerprint density at radius 3 is 2.67 bits per heavy atom. The van der Waals surface area contributed by atoms with Crippen LogP contribution in [0.1, 0.15) is 20.8 Å². The number of halogens is 1. The number of carbonyl (C=O) groups excluding carboxylic acids is 1. The van der Waals surface area contributed by atoms with Crippen LogP contribution in [0.3, 0.4) is 0 Å². The van der Waals surface area contributed by atoms with Crippen molar-refractivity contribution < 1.29 is 23.8 Å². The molecule has 3 N–H and O–H groups in total. The number of alkyl halides is 1. The van der Waals surface area contributed by atoms with Crippen LogP contribution in [0.25, 0.3) is 0 Å². The molecule has 7 heteroatoms. The Labute approximate surface area is 105 Å². The van der Waals surface area contributed by atoms with Gasteiger partial charge in [0.05, 0.1) is 0 Å². The first-order valence-corrected chi connectivity index (χ1v) is 5.75. The number of carbonyl (C=O) groups is 2. The molecule has 2 unspecified atom stereocenters. The quantitative estimate of drug-likeness (QED) is 0.690. The van der Waals surface area contributed by atoms with Gasteiger partial charge in [0, 0.05) is 25.6 Å². The molecule has 0 aromatic rings. The molecule has 0 radical (unpaired) electrons. The van der Waals surface area contributed by atoms with E-state index in [4.69, 9.17) is 9.84 Å². The highest BCUT2D eigenvalue weighted by Gasteiger charge is 2.50. The van der Waals surface area contributed by atoms with Gasteiger partial charge >= 0.3 is 12.1 Å². The maximum absolute atomic E-state index is 14.0. The third-order valence-electron chi connectivity index (χ3n) is 2.67. The number of carboxylic acids is 1. The number of aliphatic carboxylic acids is 1. The van der Waals surface area contributed by atoms with Crippen molar-refractivity contribution >= 4 is 12.1 Å². The van der Waals surface area contributed by atoms with Gasteiger partial charge in [-0.3, -0.25) is 0 Å². The van der Waals surface area contributed by atoms with Crippen LogP contribution in [0.15, 0.2) is 0 Å². The van der Waals surface area contributed by atoms with Gasteiger partial charge in [0.25, 0.3) is 0 Å². The van der Waals surface area contributed by atoms with E-state index in [1.807, 2.05) is 0 Å². The van der Waals surface area contributed by atoms with Crippen molar-refractivity contribution in [2.75, 3.05) is 19.6 Å². The van der Waals surface area contributed by atoms with Crippen LogP contribution in [-0.4, -0.2) is 48.1 Å². The van der Waals surface area contributed by atoms with Crippen molar-refractivity contribution in [3.63, 3.8) is 0 Å². The van der Waals surface area contributed by atoms with Crippen LogP contribution >= 0.6 is 0 Å². The molecule has 0 spiro atoms. The summed E-state index contributed by atoms with van der Waals surface area (Å²) < 4.78 is 19.0. The van der Waals surface area contributed by atoms with Gasteiger partial charge in [0.2, 0.25) is 5.67 Å². The maximum Gasteiger partial charge on any atom is 0.407 e. The monoisotopic (exact) mass is 262 g/mol. The first-order chi connectivity index (χ1) is 8.15. The van der Waals surface area contributed by atoms with E-state index in [2.05, 4.69) is 10.6 Å². The summed E-state index contributed by atoms with van der Waals surface area (Å²) >= 11 is 0. The van der Waals surface area contributed by atoms with Crippen molar-refractivity contribution in [1.29, 1.82) is 0 Å². The number of ether oxygens (including phenoxy) is 1. The van der Waals surface area contributed by atoms with Crippen LogP contribution in [0.5, 0.6) is 0 Å². The molecule has 1 aliphatic rings. The molecule has 2 atom stereocenters. The van der Waals surface area contributed by atoms with E-state index < -0.39 is 29.3 Å². The molecule has 0 aliphatic carbocycles. The Hall–Kier alpha value is -1.37. The van der Waals surface area contributed by atoms with E-state index in [-0.39, 0.29) is 19.6 Å². The average Bonchev–Trinajstić information content (AvgIpc) is 2.55. The third-order valence-corrected chi connectivity index (χ3v) is 2.67. The van der Waals surface area contributed by atoms with Crippen LogP contribution in [-0.2, 0) is 9.53 Å². The second-order valence-corrected chi connectivity index (χ2v) is 5.38. The molecule has 0 bridgehead atoms. The predicted octanol–water partition coefficient (Wildman–Crippen LogP) is 0.523. The number of carboxylic acid groups (broad SMARTS) is 1. The SMILES string of the molecule is CC(C)(C)OC(=O)NCC1CNCC1(F)C(=O)O. The summed E-state index contributed by atoms with van der Waals surface area (Å²) in [6, 6.07) is 0. The average molecular weight is 262 g/mol. The lowest BCUT2D eigenvalue weighted by Gasteiger charge is -2.24. The van der Waals surface area contributed by atoms with Crippen LogP contribution in [0.2, 0.25) is 0 Å². The Balaban J connectivity index is 2.49. The van der Waals surface area contributed by atoms with Crippen LogP contribution < -0.4 is 10.6 Å². The van der Waals surface area contributed by atoms with Crippen molar-refractivity contribution in [2.45, 2.75) is 32.0 Å². The number of hydrogen-bond acceptors (Lipinski definition) is 4. The van der Waals surface area contributed by atoms with Gasteiger partial charge in [-0.2, -0.15) is 0 Å². The first kappa shape index (κ1) is 14.7. The van der Waals surface area contributed by atoms with E-state index >= 15 is 0 Å². The molecule has 6 nitrogen and oxygen atoms in total. The molecular weight excluding hydrogens is 243 g/mol. The summed E-state index contributed by atoms with van der Waals surface area (Å²) in [5.74, 6) is -2.31. The molecule has 18 heavy (non-hydrogen) atoms. The zero-order valence-electron chi connectivity index (χ0n) is 10.7. The van der Waals surface area contributed by atoms with Crippen LogP contribution in [0.4, 0.5) is 9.18 Å². The summed E-state index contributed by atoms with van der Waals surface area (Å²) in [6.07, 6.45) is -0.679. The molecule has 0 aromatic carbocycles. The van der Waals surface area contributed by atoms with E-state index in [9.17, 15) is 14.0 Å². The molecule has 104 valence electrons. The first-order valence-electron chi connectivity index (χ1n) is 5.75. The molecule has 1 fully saturated rings. The van der Waals surface area contributed by atoms with E-state index in [1.54, 1.807) is 20.8 Å². The van der Waals surface area contributed by atoms with Gasteiger partial charge in [0.1, 0.15) is 5.60 Å². The fourth-order valence-electron chi connectivity index (χ4n) is 1.74. The Morgan fingerprint density at radius 2 is 2.17 bits per heavy atom. The van der Waals surface area contributed by atoms with Crippen LogP contribution in [0, 0.1) is 5.92 Å².